The molecule has 0 atom stereocenters. The fraction of sp³-hybridized carbons (Fsp3) is 0.280. The van der Waals surface area contributed by atoms with E-state index in [0.29, 0.717) is 24.5 Å². The van der Waals surface area contributed by atoms with E-state index in [2.05, 4.69) is 21.7 Å². The number of carbonyl (C=O) groups excluding carboxylic acids is 1. The number of amides is 1. The molecule has 0 aliphatic carbocycles. The summed E-state index contributed by atoms with van der Waals surface area (Å²) in [5.74, 6) is 0.610. The minimum Gasteiger partial charge on any atom is -0.380 e. The molecule has 2 N–H and O–H groups in total. The van der Waals surface area contributed by atoms with E-state index in [1.165, 1.54) is 11.1 Å². The molecular formula is C25H27ClN4O. The van der Waals surface area contributed by atoms with E-state index in [1.54, 1.807) is 11.1 Å². The molecule has 5 nitrogen and oxygen atoms in total. The van der Waals surface area contributed by atoms with Crippen molar-refractivity contribution in [3.05, 3.63) is 88.1 Å². The van der Waals surface area contributed by atoms with E-state index in [-0.39, 0.29) is 5.91 Å². The second-order valence-corrected chi connectivity index (χ2v) is 8.01. The number of pyridine rings is 1. The van der Waals surface area contributed by atoms with E-state index < -0.39 is 0 Å². The molecule has 1 aliphatic heterocycles. The van der Waals surface area contributed by atoms with Crippen LogP contribution in [0.3, 0.4) is 0 Å². The van der Waals surface area contributed by atoms with Crippen LogP contribution in [0.5, 0.6) is 0 Å². The Kier molecular flexibility index (Phi) is 6.85. The summed E-state index contributed by atoms with van der Waals surface area (Å²) >= 11 is 6.52. The van der Waals surface area contributed by atoms with Crippen LogP contribution in [0.1, 0.15) is 34.0 Å². The molecular weight excluding hydrogens is 408 g/mol. The summed E-state index contributed by atoms with van der Waals surface area (Å²) in [6.07, 6.45) is 3.68. The number of aromatic nitrogens is 1. The molecule has 0 bridgehead atoms. The fourth-order valence-electron chi connectivity index (χ4n) is 3.97. The van der Waals surface area contributed by atoms with Crippen molar-refractivity contribution in [2.45, 2.75) is 26.3 Å². The molecule has 160 valence electrons. The second kappa shape index (κ2) is 9.94. The quantitative estimate of drug-likeness (QED) is 0.590. The highest BCUT2D eigenvalue weighted by Crippen LogP contribution is 2.31. The fourth-order valence-corrected chi connectivity index (χ4v) is 4.21. The lowest BCUT2D eigenvalue weighted by atomic mass is 10.0. The number of rotatable bonds is 6. The van der Waals surface area contributed by atoms with Gasteiger partial charge in [0.1, 0.15) is 5.82 Å². The van der Waals surface area contributed by atoms with Crippen molar-refractivity contribution in [3.8, 4) is 0 Å². The van der Waals surface area contributed by atoms with Crippen LogP contribution in [0.4, 0.5) is 11.5 Å². The monoisotopic (exact) mass is 434 g/mol. The molecule has 1 aromatic heterocycles. The predicted octanol–water partition coefficient (Wildman–Crippen LogP) is 4.70. The van der Waals surface area contributed by atoms with Crippen molar-refractivity contribution in [2.24, 2.45) is 0 Å². The number of nitrogens with one attached hydrogen (secondary N) is 2. The van der Waals surface area contributed by atoms with Crippen LogP contribution in [0.25, 0.3) is 0 Å². The number of fused-ring (bicyclic) bond motifs is 1. The Balaban J connectivity index is 1.47. The van der Waals surface area contributed by atoms with Gasteiger partial charge in [-0.15, -0.1) is 0 Å². The summed E-state index contributed by atoms with van der Waals surface area (Å²) < 4.78 is 0. The third kappa shape index (κ3) is 4.89. The van der Waals surface area contributed by atoms with E-state index in [1.807, 2.05) is 55.5 Å². The number of hydrogen-bond donors (Lipinski definition) is 2. The van der Waals surface area contributed by atoms with Gasteiger partial charge < -0.3 is 10.6 Å². The molecule has 31 heavy (non-hydrogen) atoms. The van der Waals surface area contributed by atoms with Crippen LogP contribution in [0.15, 0.2) is 60.8 Å². The zero-order chi connectivity index (χ0) is 21.6. The predicted molar refractivity (Wildman–Crippen MR) is 127 cm³/mol. The van der Waals surface area contributed by atoms with E-state index >= 15 is 0 Å². The molecule has 0 radical (unpaired) electrons. The minimum atomic E-state index is -0.0513. The summed E-state index contributed by atoms with van der Waals surface area (Å²) in [5, 5.41) is 7.73. The Hall–Kier alpha value is -2.89. The molecule has 6 heteroatoms. The maximum absolute atomic E-state index is 13.0. The number of anilines is 2. The average molecular weight is 435 g/mol. The van der Waals surface area contributed by atoms with Crippen molar-refractivity contribution < 1.29 is 4.79 Å². The molecule has 0 saturated carbocycles. The van der Waals surface area contributed by atoms with Gasteiger partial charge in [-0.3, -0.25) is 9.69 Å². The largest absolute Gasteiger partial charge is 0.380 e. The Bertz CT molecular complexity index is 1040. The van der Waals surface area contributed by atoms with Crippen LogP contribution in [-0.4, -0.2) is 30.5 Å². The molecule has 4 rings (SSSR count). The molecule has 0 fully saturated rings. The van der Waals surface area contributed by atoms with Gasteiger partial charge >= 0.3 is 0 Å². The number of nitrogens with zero attached hydrogens (tertiary/aromatic N) is 2. The van der Waals surface area contributed by atoms with Gasteiger partial charge in [-0.2, -0.15) is 0 Å². The van der Waals surface area contributed by atoms with Crippen LogP contribution in [0.2, 0.25) is 5.02 Å². The van der Waals surface area contributed by atoms with E-state index in [9.17, 15) is 4.79 Å². The minimum absolute atomic E-state index is 0.0513. The van der Waals surface area contributed by atoms with Gasteiger partial charge in [0, 0.05) is 24.8 Å². The van der Waals surface area contributed by atoms with Gasteiger partial charge in [-0.05, 0) is 79.9 Å². The van der Waals surface area contributed by atoms with Crippen molar-refractivity contribution in [2.75, 3.05) is 29.9 Å². The van der Waals surface area contributed by atoms with Crippen LogP contribution >= 0.6 is 11.6 Å². The lowest BCUT2D eigenvalue weighted by Crippen LogP contribution is -2.31. The van der Waals surface area contributed by atoms with Gasteiger partial charge in [-0.1, -0.05) is 35.9 Å². The molecule has 3 aromatic rings. The standard InChI is InChI=1S/C25H27ClN4O/c1-2-30(23-5-3-4-14-28-23)25(31)20-8-6-18(7-9-20)17-29-24-21-13-16-27-15-12-19(21)10-11-22(24)26/h3-11,14,27,29H,2,12-13,15-17H2,1H3. The molecule has 1 aliphatic rings. The molecule has 0 spiro atoms. The first-order valence-corrected chi connectivity index (χ1v) is 11.1. The molecule has 0 unspecified atom stereocenters. The Morgan fingerprint density at radius 1 is 1.10 bits per heavy atom. The summed E-state index contributed by atoms with van der Waals surface area (Å²) in [6.45, 7) is 5.12. The SMILES string of the molecule is CCN(C(=O)c1ccc(CNc2c(Cl)ccc3c2CCNCC3)cc1)c1ccccn1. The molecule has 0 saturated heterocycles. The van der Waals surface area contributed by atoms with Crippen LogP contribution in [-0.2, 0) is 19.4 Å². The summed E-state index contributed by atoms with van der Waals surface area (Å²) in [7, 11) is 0. The lowest BCUT2D eigenvalue weighted by Gasteiger charge is -2.20. The topological polar surface area (TPSA) is 57.3 Å². The lowest BCUT2D eigenvalue weighted by molar-refractivity contribution is 0.0987. The van der Waals surface area contributed by atoms with E-state index in [4.69, 9.17) is 11.6 Å². The maximum Gasteiger partial charge on any atom is 0.259 e. The second-order valence-electron chi connectivity index (χ2n) is 7.60. The van der Waals surface area contributed by atoms with Gasteiger partial charge in [0.25, 0.3) is 5.91 Å². The highest BCUT2D eigenvalue weighted by Gasteiger charge is 2.17. The third-order valence-electron chi connectivity index (χ3n) is 5.64. The average Bonchev–Trinajstić information content (AvgIpc) is 3.06. The van der Waals surface area contributed by atoms with Crippen molar-refractivity contribution in [1.82, 2.24) is 10.3 Å². The Labute approximate surface area is 188 Å². The smallest absolute Gasteiger partial charge is 0.259 e. The highest BCUT2D eigenvalue weighted by molar-refractivity contribution is 6.33. The molecule has 1 amide bonds. The Morgan fingerprint density at radius 2 is 1.90 bits per heavy atom. The number of hydrogen-bond acceptors (Lipinski definition) is 4. The van der Waals surface area contributed by atoms with Gasteiger partial charge in [0.15, 0.2) is 0 Å². The van der Waals surface area contributed by atoms with Crippen LogP contribution < -0.4 is 15.5 Å². The van der Waals surface area contributed by atoms with Crippen molar-refractivity contribution in [1.29, 1.82) is 0 Å². The first-order valence-electron chi connectivity index (χ1n) is 10.7. The van der Waals surface area contributed by atoms with Gasteiger partial charge in [-0.25, -0.2) is 4.98 Å². The maximum atomic E-state index is 13.0. The number of carbonyl (C=O) groups is 1. The number of benzene rings is 2. The molecule has 2 aromatic carbocycles. The third-order valence-corrected chi connectivity index (χ3v) is 5.95. The zero-order valence-electron chi connectivity index (χ0n) is 17.7. The molecule has 2 heterocycles. The highest BCUT2D eigenvalue weighted by atomic mass is 35.5. The summed E-state index contributed by atoms with van der Waals surface area (Å²) in [4.78, 5) is 18.9. The zero-order valence-corrected chi connectivity index (χ0v) is 18.5. The van der Waals surface area contributed by atoms with Gasteiger partial charge in [0.2, 0.25) is 0 Å². The summed E-state index contributed by atoms with van der Waals surface area (Å²) in [5.41, 5.74) is 5.42. The van der Waals surface area contributed by atoms with Crippen LogP contribution in [0, 0.1) is 0 Å². The first-order chi connectivity index (χ1) is 15.2. The first kappa shape index (κ1) is 21.3. The van der Waals surface area contributed by atoms with E-state index in [0.717, 1.165) is 42.2 Å². The summed E-state index contributed by atoms with van der Waals surface area (Å²) in [6, 6.07) is 17.4. The Morgan fingerprint density at radius 3 is 2.65 bits per heavy atom. The van der Waals surface area contributed by atoms with Crippen molar-refractivity contribution >= 4 is 29.0 Å². The van der Waals surface area contributed by atoms with Crippen molar-refractivity contribution in [3.63, 3.8) is 0 Å². The van der Waals surface area contributed by atoms with Gasteiger partial charge in [0.05, 0.1) is 10.7 Å². The number of halogens is 1. The normalized spacial score (nSPS) is 13.2.